The van der Waals surface area contributed by atoms with E-state index in [9.17, 15) is 14.9 Å². The standard InChI is InChI=1S/C23H19N3O5S/c1-15-21(13-16-7-9-17(10-8-16)26(28)29)32-23(24-15)25-22(27)20-12-11-19(31-20)14-30-18-5-3-2-4-6-18/h2-12H,13-14H2,1H3,(H,24,25,27). The fourth-order valence-electron chi connectivity index (χ4n) is 2.97. The summed E-state index contributed by atoms with van der Waals surface area (Å²) in [4.78, 5) is 28.3. The van der Waals surface area contributed by atoms with Gasteiger partial charge in [-0.25, -0.2) is 4.98 Å². The minimum absolute atomic E-state index is 0.0507. The van der Waals surface area contributed by atoms with Gasteiger partial charge in [0.2, 0.25) is 0 Å². The Morgan fingerprint density at radius 3 is 2.59 bits per heavy atom. The van der Waals surface area contributed by atoms with Crippen molar-refractivity contribution in [1.29, 1.82) is 0 Å². The molecule has 4 rings (SSSR count). The molecular weight excluding hydrogens is 430 g/mol. The monoisotopic (exact) mass is 449 g/mol. The summed E-state index contributed by atoms with van der Waals surface area (Å²) in [5.41, 5.74) is 1.77. The highest BCUT2D eigenvalue weighted by molar-refractivity contribution is 7.15. The minimum atomic E-state index is -0.427. The Hall–Kier alpha value is -3.98. The second-order valence-electron chi connectivity index (χ2n) is 6.95. The predicted molar refractivity (Wildman–Crippen MR) is 120 cm³/mol. The van der Waals surface area contributed by atoms with Gasteiger partial charge in [-0.3, -0.25) is 20.2 Å². The van der Waals surface area contributed by atoms with E-state index in [2.05, 4.69) is 10.3 Å². The molecule has 162 valence electrons. The number of hydrogen-bond donors (Lipinski definition) is 1. The molecule has 32 heavy (non-hydrogen) atoms. The number of carbonyl (C=O) groups is 1. The number of aromatic nitrogens is 1. The van der Waals surface area contributed by atoms with Crippen LogP contribution >= 0.6 is 11.3 Å². The maximum atomic E-state index is 12.5. The number of anilines is 1. The molecule has 8 nitrogen and oxygen atoms in total. The fourth-order valence-corrected chi connectivity index (χ4v) is 3.97. The third kappa shape index (κ3) is 5.19. The lowest BCUT2D eigenvalue weighted by atomic mass is 10.1. The van der Waals surface area contributed by atoms with E-state index in [1.54, 1.807) is 24.3 Å². The SMILES string of the molecule is Cc1nc(NC(=O)c2ccc(COc3ccccc3)o2)sc1Cc1ccc([N+](=O)[O-])cc1. The fraction of sp³-hybridized carbons (Fsp3) is 0.130. The molecular formula is C23H19N3O5S. The zero-order chi connectivity index (χ0) is 22.5. The molecule has 0 fully saturated rings. The van der Waals surface area contributed by atoms with Crippen LogP contribution in [0.3, 0.4) is 0 Å². The van der Waals surface area contributed by atoms with Gasteiger partial charge < -0.3 is 9.15 Å². The highest BCUT2D eigenvalue weighted by atomic mass is 32.1. The lowest BCUT2D eigenvalue weighted by Gasteiger charge is -2.03. The van der Waals surface area contributed by atoms with E-state index in [-0.39, 0.29) is 18.1 Å². The maximum Gasteiger partial charge on any atom is 0.293 e. The van der Waals surface area contributed by atoms with Crippen LogP contribution in [0.25, 0.3) is 0 Å². The molecule has 1 amide bonds. The topological polar surface area (TPSA) is 108 Å². The molecule has 0 radical (unpaired) electrons. The number of aryl methyl sites for hydroxylation is 1. The third-order valence-corrected chi connectivity index (χ3v) is 5.71. The number of ether oxygens (including phenoxy) is 1. The van der Waals surface area contributed by atoms with Gasteiger partial charge in [-0.2, -0.15) is 0 Å². The van der Waals surface area contributed by atoms with E-state index in [1.165, 1.54) is 23.5 Å². The number of rotatable bonds is 8. The number of amides is 1. The zero-order valence-electron chi connectivity index (χ0n) is 17.1. The molecule has 2 aromatic heterocycles. The van der Waals surface area contributed by atoms with Crippen molar-refractivity contribution in [2.24, 2.45) is 0 Å². The van der Waals surface area contributed by atoms with Crippen LogP contribution in [0.1, 0.15) is 32.4 Å². The first kappa shape index (κ1) is 21.3. The molecule has 0 saturated carbocycles. The van der Waals surface area contributed by atoms with Gasteiger partial charge in [-0.1, -0.05) is 30.3 Å². The first-order valence-electron chi connectivity index (χ1n) is 9.75. The smallest absolute Gasteiger partial charge is 0.293 e. The van der Waals surface area contributed by atoms with Crippen molar-refractivity contribution >= 4 is 28.1 Å². The molecule has 0 bridgehead atoms. The lowest BCUT2D eigenvalue weighted by molar-refractivity contribution is -0.384. The molecule has 0 spiro atoms. The van der Waals surface area contributed by atoms with Gasteiger partial charge in [0.25, 0.3) is 11.6 Å². The van der Waals surface area contributed by atoms with E-state index in [1.807, 2.05) is 37.3 Å². The quantitative estimate of drug-likeness (QED) is 0.286. The van der Waals surface area contributed by atoms with E-state index >= 15 is 0 Å². The summed E-state index contributed by atoms with van der Waals surface area (Å²) >= 11 is 1.36. The van der Waals surface area contributed by atoms with Crippen molar-refractivity contribution in [3.63, 3.8) is 0 Å². The molecule has 0 atom stereocenters. The summed E-state index contributed by atoms with van der Waals surface area (Å²) in [6.45, 7) is 2.08. The zero-order valence-corrected chi connectivity index (χ0v) is 17.9. The Bertz CT molecular complexity index is 1230. The van der Waals surface area contributed by atoms with Crippen LogP contribution in [0.15, 0.2) is 71.1 Å². The predicted octanol–water partition coefficient (Wildman–Crippen LogP) is 5.37. The van der Waals surface area contributed by atoms with Crippen LogP contribution in [0.2, 0.25) is 0 Å². The van der Waals surface area contributed by atoms with Crippen LogP contribution in [-0.4, -0.2) is 15.8 Å². The van der Waals surface area contributed by atoms with Crippen molar-refractivity contribution in [3.05, 3.63) is 104 Å². The molecule has 4 aromatic rings. The molecule has 0 aliphatic carbocycles. The van der Waals surface area contributed by atoms with Crippen LogP contribution in [0.5, 0.6) is 5.75 Å². The average Bonchev–Trinajstić information content (AvgIpc) is 3.40. The summed E-state index contributed by atoms with van der Waals surface area (Å²) in [7, 11) is 0. The largest absolute Gasteiger partial charge is 0.486 e. The van der Waals surface area contributed by atoms with Crippen molar-refractivity contribution in [3.8, 4) is 5.75 Å². The highest BCUT2D eigenvalue weighted by Gasteiger charge is 2.16. The Morgan fingerprint density at radius 2 is 1.88 bits per heavy atom. The third-order valence-electron chi connectivity index (χ3n) is 4.63. The highest BCUT2D eigenvalue weighted by Crippen LogP contribution is 2.26. The Kier molecular flexibility index (Phi) is 6.27. The number of nitro groups is 1. The van der Waals surface area contributed by atoms with Crippen molar-refractivity contribution in [2.45, 2.75) is 20.0 Å². The lowest BCUT2D eigenvalue weighted by Crippen LogP contribution is -2.10. The number of carbonyl (C=O) groups excluding carboxylic acids is 1. The van der Waals surface area contributed by atoms with E-state index in [4.69, 9.17) is 9.15 Å². The second-order valence-corrected chi connectivity index (χ2v) is 8.03. The summed E-state index contributed by atoms with van der Waals surface area (Å²) in [6, 6.07) is 19.0. The average molecular weight is 449 g/mol. The number of thiazole rings is 1. The van der Waals surface area contributed by atoms with Gasteiger partial charge in [0.05, 0.1) is 10.6 Å². The molecule has 0 unspecified atom stereocenters. The number of para-hydroxylation sites is 1. The molecule has 0 saturated heterocycles. The minimum Gasteiger partial charge on any atom is -0.486 e. The summed E-state index contributed by atoms with van der Waals surface area (Å²) in [5.74, 6) is 1.02. The molecule has 2 heterocycles. The molecule has 1 N–H and O–H groups in total. The number of benzene rings is 2. The Balaban J connectivity index is 1.36. The van der Waals surface area contributed by atoms with E-state index < -0.39 is 10.8 Å². The van der Waals surface area contributed by atoms with Crippen LogP contribution in [0.4, 0.5) is 10.8 Å². The normalized spacial score (nSPS) is 10.7. The number of furan rings is 1. The van der Waals surface area contributed by atoms with Crippen LogP contribution in [0, 0.1) is 17.0 Å². The Morgan fingerprint density at radius 1 is 1.12 bits per heavy atom. The summed E-state index contributed by atoms with van der Waals surface area (Å²) in [5, 5.41) is 14.0. The first-order chi connectivity index (χ1) is 15.5. The van der Waals surface area contributed by atoms with E-state index in [0.717, 1.165) is 16.1 Å². The van der Waals surface area contributed by atoms with Gasteiger partial charge in [0.15, 0.2) is 10.9 Å². The summed E-state index contributed by atoms with van der Waals surface area (Å²) < 4.78 is 11.2. The Labute approximate surface area is 187 Å². The first-order valence-corrected chi connectivity index (χ1v) is 10.6. The van der Waals surface area contributed by atoms with Gasteiger partial charge in [0, 0.05) is 23.4 Å². The maximum absolute atomic E-state index is 12.5. The number of nitro benzene ring substituents is 1. The molecule has 0 aliphatic rings. The number of nitrogens with one attached hydrogen (secondary N) is 1. The van der Waals surface area contributed by atoms with E-state index in [0.29, 0.717) is 23.1 Å². The second kappa shape index (κ2) is 9.44. The van der Waals surface area contributed by atoms with Gasteiger partial charge in [-0.15, -0.1) is 11.3 Å². The number of hydrogen-bond acceptors (Lipinski definition) is 7. The van der Waals surface area contributed by atoms with Crippen LogP contribution < -0.4 is 10.1 Å². The van der Waals surface area contributed by atoms with Gasteiger partial charge >= 0.3 is 0 Å². The van der Waals surface area contributed by atoms with Crippen molar-refractivity contribution in [1.82, 2.24) is 4.98 Å². The van der Waals surface area contributed by atoms with Gasteiger partial charge in [-0.05, 0) is 36.8 Å². The molecule has 2 aromatic carbocycles. The van der Waals surface area contributed by atoms with Crippen molar-refractivity contribution < 1.29 is 18.9 Å². The van der Waals surface area contributed by atoms with Crippen LogP contribution in [-0.2, 0) is 13.0 Å². The van der Waals surface area contributed by atoms with Gasteiger partial charge in [0.1, 0.15) is 18.1 Å². The molecule has 0 aliphatic heterocycles. The molecule has 9 heteroatoms. The number of non-ortho nitro benzene ring substituents is 1. The van der Waals surface area contributed by atoms with Crippen molar-refractivity contribution in [2.75, 3.05) is 5.32 Å². The summed E-state index contributed by atoms with van der Waals surface area (Å²) in [6.07, 6.45) is 0.569. The number of nitrogens with zero attached hydrogens (tertiary/aromatic N) is 2.